The minimum absolute atomic E-state index is 0.135. The van der Waals surface area contributed by atoms with Crippen molar-refractivity contribution in [2.45, 2.75) is 26.7 Å². The molecule has 10 heteroatoms. The molecule has 2 aromatic rings. The number of halogens is 1. The van der Waals surface area contributed by atoms with E-state index in [-0.39, 0.29) is 24.8 Å². The molecule has 1 aliphatic heterocycles. The van der Waals surface area contributed by atoms with Gasteiger partial charge in [-0.05, 0) is 29.7 Å². The molecule has 1 aromatic carbocycles. The number of benzene rings is 1. The highest BCUT2D eigenvalue weighted by molar-refractivity contribution is 9.10. The van der Waals surface area contributed by atoms with Crippen LogP contribution < -0.4 is 5.32 Å². The number of amides is 2. The number of nitrogens with zero attached hydrogens (tertiary/aromatic N) is 3. The zero-order chi connectivity index (χ0) is 21.0. The quantitative estimate of drug-likeness (QED) is 0.428. The number of thioether (sulfide) groups is 1. The number of hydrogen-bond donors (Lipinski definition) is 1. The van der Waals surface area contributed by atoms with E-state index in [2.05, 4.69) is 45.3 Å². The third kappa shape index (κ3) is 6.18. The Labute approximate surface area is 191 Å². The van der Waals surface area contributed by atoms with E-state index in [4.69, 9.17) is 12.2 Å². The molecular weight excluding hydrogens is 492 g/mol. The maximum Gasteiger partial charge on any atom is 0.266 e. The number of thiocarbonyl (C=S) groups is 1. The molecule has 0 saturated carbocycles. The van der Waals surface area contributed by atoms with E-state index in [0.717, 1.165) is 21.5 Å². The summed E-state index contributed by atoms with van der Waals surface area (Å²) >= 11 is 11.4. The lowest BCUT2D eigenvalue weighted by molar-refractivity contribution is -0.122. The van der Waals surface area contributed by atoms with Gasteiger partial charge in [-0.3, -0.25) is 14.5 Å². The Morgan fingerprint density at radius 3 is 2.90 bits per heavy atom. The molecule has 2 amide bonds. The first-order chi connectivity index (χ1) is 13.8. The zero-order valence-corrected chi connectivity index (χ0v) is 19.9. The van der Waals surface area contributed by atoms with E-state index >= 15 is 0 Å². The summed E-state index contributed by atoms with van der Waals surface area (Å²) in [6.45, 7) is 4.43. The molecule has 0 unspecified atom stereocenters. The Balaban J connectivity index is 1.56. The van der Waals surface area contributed by atoms with Gasteiger partial charge in [0.2, 0.25) is 11.0 Å². The minimum atomic E-state index is -0.220. The van der Waals surface area contributed by atoms with Crippen molar-refractivity contribution in [3.05, 3.63) is 44.2 Å². The maximum absolute atomic E-state index is 12.7. The SMILES string of the molecule is CC(C)Cc1nnc(NC(=O)CCN2C(=O)/C(=C/c3cccc(Br)c3)SC2=S)s1. The molecule has 3 rings (SSSR count). The summed E-state index contributed by atoms with van der Waals surface area (Å²) in [7, 11) is 0. The number of hydrogen-bond acceptors (Lipinski definition) is 7. The summed E-state index contributed by atoms with van der Waals surface area (Å²) in [5.74, 6) is 0.0793. The molecule has 0 bridgehead atoms. The molecule has 0 atom stereocenters. The fourth-order valence-electron chi connectivity index (χ4n) is 2.57. The van der Waals surface area contributed by atoms with Gasteiger partial charge in [0.05, 0.1) is 4.91 Å². The van der Waals surface area contributed by atoms with Crippen LogP contribution >= 0.6 is 51.2 Å². The first-order valence-electron chi connectivity index (χ1n) is 8.95. The zero-order valence-electron chi connectivity index (χ0n) is 15.8. The van der Waals surface area contributed by atoms with E-state index in [9.17, 15) is 9.59 Å². The van der Waals surface area contributed by atoms with Gasteiger partial charge >= 0.3 is 0 Å². The Morgan fingerprint density at radius 1 is 1.38 bits per heavy atom. The van der Waals surface area contributed by atoms with Crippen molar-refractivity contribution in [3.8, 4) is 0 Å². The molecule has 0 radical (unpaired) electrons. The first-order valence-corrected chi connectivity index (χ1v) is 11.8. The minimum Gasteiger partial charge on any atom is -0.300 e. The predicted octanol–water partition coefficient (Wildman–Crippen LogP) is 4.73. The van der Waals surface area contributed by atoms with Gasteiger partial charge in [-0.15, -0.1) is 10.2 Å². The third-order valence-corrected chi connectivity index (χ3v) is 6.61. The van der Waals surface area contributed by atoms with Gasteiger partial charge < -0.3 is 5.32 Å². The van der Waals surface area contributed by atoms with Crippen LogP contribution in [0.1, 0.15) is 30.8 Å². The average molecular weight is 511 g/mol. The van der Waals surface area contributed by atoms with E-state index in [0.29, 0.717) is 20.3 Å². The number of aromatic nitrogens is 2. The van der Waals surface area contributed by atoms with Gasteiger partial charge in [0.25, 0.3) is 5.91 Å². The third-order valence-electron chi connectivity index (χ3n) is 3.88. The molecule has 1 aliphatic rings. The van der Waals surface area contributed by atoms with Crippen LogP contribution in [0.4, 0.5) is 5.13 Å². The van der Waals surface area contributed by atoms with E-state index < -0.39 is 0 Å². The highest BCUT2D eigenvalue weighted by atomic mass is 79.9. The van der Waals surface area contributed by atoms with Gasteiger partial charge in [0, 0.05) is 23.9 Å². The number of anilines is 1. The van der Waals surface area contributed by atoms with Crippen LogP contribution in [0.15, 0.2) is 33.6 Å². The normalized spacial score (nSPS) is 15.6. The Hall–Kier alpha value is -1.62. The largest absolute Gasteiger partial charge is 0.300 e. The van der Waals surface area contributed by atoms with Crippen LogP contribution in [0.5, 0.6) is 0 Å². The van der Waals surface area contributed by atoms with Crippen molar-refractivity contribution < 1.29 is 9.59 Å². The van der Waals surface area contributed by atoms with Crippen LogP contribution in [-0.4, -0.2) is 37.8 Å². The summed E-state index contributed by atoms with van der Waals surface area (Å²) in [5, 5.41) is 12.2. The maximum atomic E-state index is 12.7. The average Bonchev–Trinajstić information content (AvgIpc) is 3.17. The number of rotatable bonds is 7. The standard InChI is InChI=1S/C19H19BrN4O2S3/c1-11(2)8-16-22-23-18(29-16)21-15(25)6-7-24-17(26)14(28-19(24)27)10-12-4-3-5-13(20)9-12/h3-5,9-11H,6-8H2,1-2H3,(H,21,23,25)/b14-10-. The van der Waals surface area contributed by atoms with Gasteiger partial charge in [-0.2, -0.15) is 0 Å². The Morgan fingerprint density at radius 2 is 2.17 bits per heavy atom. The fourth-order valence-corrected chi connectivity index (χ4v) is 5.27. The summed E-state index contributed by atoms with van der Waals surface area (Å²) in [5.41, 5.74) is 0.908. The molecule has 0 spiro atoms. The van der Waals surface area contributed by atoms with Gasteiger partial charge in [0.1, 0.15) is 9.33 Å². The van der Waals surface area contributed by atoms with Crippen LogP contribution in [-0.2, 0) is 16.0 Å². The van der Waals surface area contributed by atoms with Crippen molar-refractivity contribution in [3.63, 3.8) is 0 Å². The molecule has 1 saturated heterocycles. The second-order valence-electron chi connectivity index (χ2n) is 6.79. The van der Waals surface area contributed by atoms with Crippen molar-refractivity contribution in [2.75, 3.05) is 11.9 Å². The number of nitrogens with one attached hydrogen (secondary N) is 1. The van der Waals surface area contributed by atoms with Crippen LogP contribution in [0.25, 0.3) is 6.08 Å². The van der Waals surface area contributed by atoms with Gasteiger partial charge in [0.15, 0.2) is 0 Å². The Bertz CT molecular complexity index is 974. The summed E-state index contributed by atoms with van der Waals surface area (Å²) in [6.07, 6.45) is 2.77. The molecule has 2 heterocycles. The molecule has 152 valence electrons. The molecule has 6 nitrogen and oxygen atoms in total. The molecule has 1 fully saturated rings. The van der Waals surface area contributed by atoms with Crippen LogP contribution in [0.3, 0.4) is 0 Å². The lowest BCUT2D eigenvalue weighted by atomic mass is 10.1. The first kappa shape index (κ1) is 22.1. The lowest BCUT2D eigenvalue weighted by Crippen LogP contribution is -2.31. The van der Waals surface area contributed by atoms with Crippen molar-refractivity contribution in [2.24, 2.45) is 5.92 Å². The predicted molar refractivity (Wildman–Crippen MR) is 126 cm³/mol. The highest BCUT2D eigenvalue weighted by Gasteiger charge is 2.32. The van der Waals surface area contributed by atoms with Crippen LogP contribution in [0, 0.1) is 5.92 Å². The highest BCUT2D eigenvalue weighted by Crippen LogP contribution is 2.33. The fraction of sp³-hybridized carbons (Fsp3) is 0.316. The van der Waals surface area contributed by atoms with Crippen LogP contribution in [0.2, 0.25) is 0 Å². The molecule has 0 aliphatic carbocycles. The second-order valence-corrected chi connectivity index (χ2v) is 10.4. The number of carbonyl (C=O) groups excluding carboxylic acids is 2. The van der Waals surface area contributed by atoms with E-state index in [1.54, 1.807) is 0 Å². The van der Waals surface area contributed by atoms with Crippen molar-refractivity contribution in [1.29, 1.82) is 0 Å². The monoisotopic (exact) mass is 510 g/mol. The smallest absolute Gasteiger partial charge is 0.266 e. The summed E-state index contributed by atoms with van der Waals surface area (Å²) in [4.78, 5) is 26.9. The van der Waals surface area contributed by atoms with Crippen molar-refractivity contribution in [1.82, 2.24) is 15.1 Å². The number of carbonyl (C=O) groups is 2. The van der Waals surface area contributed by atoms with Crippen molar-refractivity contribution >= 4 is 78.6 Å². The van der Waals surface area contributed by atoms with Gasteiger partial charge in [-0.25, -0.2) is 0 Å². The molecule has 1 aromatic heterocycles. The molecule has 1 N–H and O–H groups in total. The van der Waals surface area contributed by atoms with E-state index in [1.807, 2.05) is 30.3 Å². The van der Waals surface area contributed by atoms with E-state index in [1.165, 1.54) is 28.0 Å². The Kier molecular flexibility index (Phi) is 7.55. The molecular formula is C19H19BrN4O2S3. The lowest BCUT2D eigenvalue weighted by Gasteiger charge is -2.13. The molecule has 29 heavy (non-hydrogen) atoms. The topological polar surface area (TPSA) is 75.2 Å². The van der Waals surface area contributed by atoms with Gasteiger partial charge in [-0.1, -0.05) is 77.2 Å². The summed E-state index contributed by atoms with van der Waals surface area (Å²) in [6, 6.07) is 7.67. The summed E-state index contributed by atoms with van der Waals surface area (Å²) < 4.78 is 1.39. The second kappa shape index (κ2) is 9.92.